The second kappa shape index (κ2) is 5.38. The van der Waals surface area contributed by atoms with Crippen molar-refractivity contribution >= 4 is 17.7 Å². The van der Waals surface area contributed by atoms with E-state index >= 15 is 0 Å². The summed E-state index contributed by atoms with van der Waals surface area (Å²) in [5, 5.41) is 28.0. The summed E-state index contributed by atoms with van der Waals surface area (Å²) < 4.78 is 0. The number of nitrogens with zero attached hydrogens (tertiary/aromatic N) is 2. The molecule has 1 saturated heterocycles. The zero-order valence-corrected chi connectivity index (χ0v) is 10.9. The van der Waals surface area contributed by atoms with Crippen LogP contribution in [-0.4, -0.2) is 58.0 Å². The number of aliphatic carboxylic acids is 1. The highest BCUT2D eigenvalue weighted by Gasteiger charge is 2.40. The second-order valence-corrected chi connectivity index (χ2v) is 4.76. The standard InChI is InChI=1S/C13H16N2O5/c1-14(8-3-2-4-9(16)5-8)13(20)15-7-10(17)6-11(15)12(18)19/h2-5,10-11,16-17H,6-7H2,1H3,(H,18,19). The Morgan fingerprint density at radius 3 is 2.70 bits per heavy atom. The molecule has 0 spiro atoms. The van der Waals surface area contributed by atoms with Crippen LogP contribution < -0.4 is 4.90 Å². The number of phenolic OH excluding ortho intramolecular Hbond substituents is 1. The topological polar surface area (TPSA) is 101 Å². The summed E-state index contributed by atoms with van der Waals surface area (Å²) >= 11 is 0. The molecule has 1 fully saturated rings. The molecule has 1 aliphatic rings. The first-order valence-electron chi connectivity index (χ1n) is 6.14. The molecule has 1 aromatic rings. The average Bonchev–Trinajstić information content (AvgIpc) is 2.79. The van der Waals surface area contributed by atoms with Gasteiger partial charge in [0.25, 0.3) is 0 Å². The van der Waals surface area contributed by atoms with Gasteiger partial charge in [-0.15, -0.1) is 0 Å². The molecule has 7 nitrogen and oxygen atoms in total. The van der Waals surface area contributed by atoms with Crippen LogP contribution in [-0.2, 0) is 4.79 Å². The molecule has 0 aliphatic carbocycles. The van der Waals surface area contributed by atoms with Gasteiger partial charge in [-0.1, -0.05) is 6.07 Å². The average molecular weight is 280 g/mol. The molecule has 2 atom stereocenters. The quantitative estimate of drug-likeness (QED) is 0.731. The van der Waals surface area contributed by atoms with Gasteiger partial charge in [0.15, 0.2) is 0 Å². The molecular weight excluding hydrogens is 264 g/mol. The Kier molecular flexibility index (Phi) is 3.80. The monoisotopic (exact) mass is 280 g/mol. The van der Waals surface area contributed by atoms with Gasteiger partial charge in [0.1, 0.15) is 11.8 Å². The summed E-state index contributed by atoms with van der Waals surface area (Å²) in [7, 11) is 1.49. The molecular formula is C13H16N2O5. The maximum absolute atomic E-state index is 12.3. The van der Waals surface area contributed by atoms with Crippen LogP contribution >= 0.6 is 0 Å². The molecule has 7 heteroatoms. The number of carboxylic acids is 1. The lowest BCUT2D eigenvalue weighted by molar-refractivity contribution is -0.141. The fraction of sp³-hybridized carbons (Fsp3) is 0.385. The molecule has 0 radical (unpaired) electrons. The zero-order chi connectivity index (χ0) is 14.9. The van der Waals surface area contributed by atoms with Gasteiger partial charge < -0.3 is 20.2 Å². The van der Waals surface area contributed by atoms with Gasteiger partial charge in [-0.2, -0.15) is 0 Å². The summed E-state index contributed by atoms with van der Waals surface area (Å²) in [6, 6.07) is 4.53. The number of phenols is 1. The van der Waals surface area contributed by atoms with Gasteiger partial charge in [0.2, 0.25) is 0 Å². The third kappa shape index (κ3) is 2.67. The first kappa shape index (κ1) is 14.1. The van der Waals surface area contributed by atoms with Gasteiger partial charge >= 0.3 is 12.0 Å². The van der Waals surface area contributed by atoms with Crippen molar-refractivity contribution in [2.24, 2.45) is 0 Å². The largest absolute Gasteiger partial charge is 0.508 e. The Labute approximate surface area is 115 Å². The highest BCUT2D eigenvalue weighted by atomic mass is 16.4. The van der Waals surface area contributed by atoms with Gasteiger partial charge in [0, 0.05) is 31.8 Å². The first-order valence-corrected chi connectivity index (χ1v) is 6.14. The summed E-state index contributed by atoms with van der Waals surface area (Å²) in [5.41, 5.74) is 0.445. The summed E-state index contributed by atoms with van der Waals surface area (Å²) in [6.45, 7) is -0.0149. The molecule has 3 N–H and O–H groups in total. The predicted molar refractivity (Wildman–Crippen MR) is 70.7 cm³/mol. The Morgan fingerprint density at radius 1 is 1.40 bits per heavy atom. The fourth-order valence-electron chi connectivity index (χ4n) is 2.26. The van der Waals surface area contributed by atoms with Crippen LogP contribution in [0.4, 0.5) is 10.5 Å². The van der Waals surface area contributed by atoms with E-state index in [2.05, 4.69) is 0 Å². The summed E-state index contributed by atoms with van der Waals surface area (Å²) in [5.74, 6) is -1.13. The number of likely N-dealkylation sites (tertiary alicyclic amines) is 1. The predicted octanol–water partition coefficient (Wildman–Crippen LogP) is 0.468. The summed E-state index contributed by atoms with van der Waals surface area (Å²) in [4.78, 5) is 25.8. The molecule has 108 valence electrons. The number of hydrogen-bond donors (Lipinski definition) is 3. The van der Waals surface area contributed by atoms with Crippen LogP contribution in [0.2, 0.25) is 0 Å². The van der Waals surface area contributed by atoms with Crippen molar-refractivity contribution in [3.63, 3.8) is 0 Å². The van der Waals surface area contributed by atoms with E-state index in [1.54, 1.807) is 12.1 Å². The van der Waals surface area contributed by atoms with Crippen molar-refractivity contribution < 1.29 is 24.9 Å². The Hall–Kier alpha value is -2.28. The maximum Gasteiger partial charge on any atom is 0.326 e. The SMILES string of the molecule is CN(C(=O)N1CC(O)CC1C(=O)O)c1cccc(O)c1. The fourth-order valence-corrected chi connectivity index (χ4v) is 2.26. The number of urea groups is 1. The van der Waals surface area contributed by atoms with Gasteiger partial charge in [-0.05, 0) is 12.1 Å². The van der Waals surface area contributed by atoms with Crippen LogP contribution in [0.3, 0.4) is 0 Å². The van der Waals surface area contributed by atoms with E-state index in [0.717, 1.165) is 4.90 Å². The molecule has 0 saturated carbocycles. The molecule has 2 amide bonds. The molecule has 2 rings (SSSR count). The maximum atomic E-state index is 12.3. The van der Waals surface area contributed by atoms with Crippen molar-refractivity contribution in [1.29, 1.82) is 0 Å². The number of rotatable bonds is 2. The number of aliphatic hydroxyl groups is 1. The van der Waals surface area contributed by atoms with Gasteiger partial charge in [0.05, 0.1) is 6.10 Å². The third-order valence-corrected chi connectivity index (χ3v) is 3.31. The minimum absolute atomic E-state index is 0.0124. The van der Waals surface area contributed by atoms with Crippen LogP contribution in [0.1, 0.15) is 6.42 Å². The third-order valence-electron chi connectivity index (χ3n) is 3.31. The Bertz CT molecular complexity index is 533. The number of carbonyl (C=O) groups is 2. The highest BCUT2D eigenvalue weighted by molar-refractivity contribution is 5.94. The van der Waals surface area contributed by atoms with Crippen LogP contribution in [0.15, 0.2) is 24.3 Å². The molecule has 2 unspecified atom stereocenters. The van der Waals surface area contributed by atoms with E-state index < -0.39 is 24.1 Å². The molecule has 0 bridgehead atoms. The Balaban J connectivity index is 2.20. The van der Waals surface area contributed by atoms with Crippen molar-refractivity contribution in [3.05, 3.63) is 24.3 Å². The lowest BCUT2D eigenvalue weighted by Gasteiger charge is -2.27. The number of hydrogen-bond acceptors (Lipinski definition) is 4. The minimum Gasteiger partial charge on any atom is -0.508 e. The van der Waals surface area contributed by atoms with Crippen LogP contribution in [0, 0.1) is 0 Å². The molecule has 1 heterocycles. The van der Waals surface area contributed by atoms with Crippen molar-refractivity contribution in [2.45, 2.75) is 18.6 Å². The summed E-state index contributed by atoms with van der Waals surface area (Å²) in [6.07, 6.45) is -0.813. The smallest absolute Gasteiger partial charge is 0.326 e. The van der Waals surface area contributed by atoms with Crippen LogP contribution in [0.5, 0.6) is 5.75 Å². The lowest BCUT2D eigenvalue weighted by Crippen LogP contribution is -2.47. The number of carboxylic acid groups (broad SMARTS) is 1. The number of amides is 2. The highest BCUT2D eigenvalue weighted by Crippen LogP contribution is 2.24. The van der Waals surface area contributed by atoms with E-state index in [1.165, 1.54) is 24.1 Å². The number of aliphatic hydroxyl groups excluding tert-OH is 1. The number of benzene rings is 1. The first-order chi connectivity index (χ1) is 9.40. The van der Waals surface area contributed by atoms with Crippen molar-refractivity contribution in [3.8, 4) is 5.75 Å². The molecule has 20 heavy (non-hydrogen) atoms. The molecule has 0 aromatic heterocycles. The van der Waals surface area contributed by atoms with E-state index in [4.69, 9.17) is 5.11 Å². The lowest BCUT2D eigenvalue weighted by atomic mass is 10.2. The van der Waals surface area contributed by atoms with E-state index in [-0.39, 0.29) is 18.7 Å². The normalized spacial score (nSPS) is 21.8. The Morgan fingerprint density at radius 2 is 2.10 bits per heavy atom. The van der Waals surface area contributed by atoms with Crippen molar-refractivity contribution in [1.82, 2.24) is 4.90 Å². The van der Waals surface area contributed by atoms with Crippen LogP contribution in [0.25, 0.3) is 0 Å². The number of aromatic hydroxyl groups is 1. The minimum atomic E-state index is -1.14. The second-order valence-electron chi connectivity index (χ2n) is 4.76. The van der Waals surface area contributed by atoms with E-state index in [0.29, 0.717) is 5.69 Å². The molecule has 1 aromatic carbocycles. The van der Waals surface area contributed by atoms with Gasteiger partial charge in [-0.25, -0.2) is 9.59 Å². The molecule has 1 aliphatic heterocycles. The van der Waals surface area contributed by atoms with Crippen molar-refractivity contribution in [2.75, 3.05) is 18.5 Å². The van der Waals surface area contributed by atoms with Gasteiger partial charge in [-0.3, -0.25) is 4.90 Å². The van der Waals surface area contributed by atoms with E-state index in [9.17, 15) is 19.8 Å². The number of carbonyl (C=O) groups excluding carboxylic acids is 1. The number of β-amino-alcohol motifs (C(OH)–C–C–N with tert-alkyl or cyclic N) is 1. The van der Waals surface area contributed by atoms with E-state index in [1.807, 2.05) is 0 Å². The number of anilines is 1. The zero-order valence-electron chi connectivity index (χ0n) is 10.9.